The van der Waals surface area contributed by atoms with E-state index in [0.717, 1.165) is 12.8 Å². The van der Waals surface area contributed by atoms with Crippen LogP contribution in [0.15, 0.2) is 18.2 Å². The molecule has 0 saturated heterocycles. The number of benzene rings is 1. The van der Waals surface area contributed by atoms with Crippen LogP contribution >= 0.6 is 0 Å². The molecule has 0 spiro atoms. The van der Waals surface area contributed by atoms with Gasteiger partial charge in [-0.15, -0.1) is 0 Å². The van der Waals surface area contributed by atoms with Crippen LogP contribution in [-0.4, -0.2) is 11.9 Å². The van der Waals surface area contributed by atoms with Gasteiger partial charge in [0.2, 0.25) is 5.91 Å². The van der Waals surface area contributed by atoms with E-state index in [4.69, 9.17) is 0 Å². The molecule has 0 bridgehead atoms. The highest BCUT2D eigenvalue weighted by atomic mass is 16.1. The van der Waals surface area contributed by atoms with Crippen molar-refractivity contribution in [2.45, 2.75) is 76.7 Å². The Hall–Kier alpha value is -1.31. The number of aryl methyl sites for hydroxylation is 2. The second-order valence-electron chi connectivity index (χ2n) is 6.74. The summed E-state index contributed by atoms with van der Waals surface area (Å²) < 4.78 is 0. The third-order valence-corrected chi connectivity index (χ3v) is 5.00. The summed E-state index contributed by atoms with van der Waals surface area (Å²) in [5.41, 5.74) is 4.15. The number of carbonyl (C=O) groups is 1. The molecule has 1 N–H and O–H groups in total. The quantitative estimate of drug-likeness (QED) is 0.837. The predicted molar refractivity (Wildman–Crippen MR) is 86.4 cm³/mol. The second-order valence-corrected chi connectivity index (χ2v) is 6.74. The Labute approximate surface area is 128 Å². The molecule has 0 unspecified atom stereocenters. The number of hydrogen-bond acceptors (Lipinski definition) is 1. The van der Waals surface area contributed by atoms with Crippen LogP contribution < -0.4 is 5.32 Å². The van der Waals surface area contributed by atoms with Crippen molar-refractivity contribution in [3.63, 3.8) is 0 Å². The summed E-state index contributed by atoms with van der Waals surface area (Å²) in [4.78, 5) is 12.2. The number of rotatable bonds is 3. The van der Waals surface area contributed by atoms with Gasteiger partial charge in [-0.05, 0) is 55.2 Å². The normalized spacial score (nSPS) is 19.6. The van der Waals surface area contributed by atoms with Crippen molar-refractivity contribution in [2.75, 3.05) is 0 Å². The number of nitrogens with one attached hydrogen (secondary N) is 1. The molecule has 2 nitrogen and oxygen atoms in total. The van der Waals surface area contributed by atoms with E-state index in [2.05, 4.69) is 23.5 Å². The van der Waals surface area contributed by atoms with Crippen LogP contribution in [0.4, 0.5) is 0 Å². The summed E-state index contributed by atoms with van der Waals surface area (Å²) in [6.07, 6.45) is 13.1. The molecule has 3 rings (SSSR count). The zero-order valence-electron chi connectivity index (χ0n) is 13.0. The molecular formula is C19H27NO. The molecule has 0 aromatic heterocycles. The van der Waals surface area contributed by atoms with Crippen molar-refractivity contribution in [3.8, 4) is 0 Å². The van der Waals surface area contributed by atoms with Gasteiger partial charge in [0.15, 0.2) is 0 Å². The Morgan fingerprint density at radius 1 is 0.952 bits per heavy atom. The van der Waals surface area contributed by atoms with Crippen LogP contribution in [0.5, 0.6) is 0 Å². The summed E-state index contributed by atoms with van der Waals surface area (Å²) >= 11 is 0. The molecule has 1 fully saturated rings. The maximum Gasteiger partial charge on any atom is 0.224 e. The molecule has 1 saturated carbocycles. The fourth-order valence-electron chi connectivity index (χ4n) is 3.78. The monoisotopic (exact) mass is 285 g/mol. The highest BCUT2D eigenvalue weighted by molar-refractivity contribution is 5.79. The lowest BCUT2D eigenvalue weighted by Crippen LogP contribution is -2.35. The molecule has 2 aliphatic carbocycles. The molecule has 0 radical (unpaired) electrons. The molecule has 2 heteroatoms. The molecule has 0 heterocycles. The van der Waals surface area contributed by atoms with E-state index in [9.17, 15) is 4.79 Å². The first-order valence-corrected chi connectivity index (χ1v) is 8.71. The maximum atomic E-state index is 12.2. The fourth-order valence-corrected chi connectivity index (χ4v) is 3.78. The van der Waals surface area contributed by atoms with Crippen molar-refractivity contribution in [2.24, 2.45) is 0 Å². The molecule has 21 heavy (non-hydrogen) atoms. The smallest absolute Gasteiger partial charge is 0.224 e. The van der Waals surface area contributed by atoms with E-state index in [1.54, 1.807) is 0 Å². The van der Waals surface area contributed by atoms with Gasteiger partial charge in [0.05, 0.1) is 6.42 Å². The average Bonchev–Trinajstić information content (AvgIpc) is 2.75. The van der Waals surface area contributed by atoms with Gasteiger partial charge in [0, 0.05) is 6.04 Å². The number of fused-ring (bicyclic) bond motifs is 1. The molecule has 2 aliphatic rings. The molecule has 0 atom stereocenters. The molecular weight excluding hydrogens is 258 g/mol. The Kier molecular flexibility index (Phi) is 4.95. The maximum absolute atomic E-state index is 12.2. The molecule has 0 aliphatic heterocycles. The number of hydrogen-bond donors (Lipinski definition) is 1. The number of carbonyl (C=O) groups excluding carboxylic acids is 1. The van der Waals surface area contributed by atoms with E-state index >= 15 is 0 Å². The van der Waals surface area contributed by atoms with Gasteiger partial charge in [-0.3, -0.25) is 4.79 Å². The predicted octanol–water partition coefficient (Wildman–Crippen LogP) is 3.95. The Morgan fingerprint density at radius 3 is 2.43 bits per heavy atom. The largest absolute Gasteiger partial charge is 0.353 e. The van der Waals surface area contributed by atoms with Crippen LogP contribution in [0, 0.1) is 0 Å². The summed E-state index contributed by atoms with van der Waals surface area (Å²) in [5.74, 6) is 0.206. The summed E-state index contributed by atoms with van der Waals surface area (Å²) in [6, 6.07) is 7.07. The van der Waals surface area contributed by atoms with Crippen molar-refractivity contribution < 1.29 is 4.79 Å². The molecule has 1 aromatic carbocycles. The summed E-state index contributed by atoms with van der Waals surface area (Å²) in [7, 11) is 0. The van der Waals surface area contributed by atoms with Crippen LogP contribution in [0.3, 0.4) is 0 Å². The van der Waals surface area contributed by atoms with Crippen LogP contribution in [-0.2, 0) is 24.1 Å². The molecule has 1 amide bonds. The third-order valence-electron chi connectivity index (χ3n) is 5.00. The first-order valence-electron chi connectivity index (χ1n) is 8.71. The van der Waals surface area contributed by atoms with Gasteiger partial charge in [0.25, 0.3) is 0 Å². The Balaban J connectivity index is 1.56. The van der Waals surface area contributed by atoms with Crippen molar-refractivity contribution in [1.82, 2.24) is 5.32 Å². The highest BCUT2D eigenvalue weighted by Crippen LogP contribution is 2.22. The minimum Gasteiger partial charge on any atom is -0.353 e. The van der Waals surface area contributed by atoms with E-state index in [-0.39, 0.29) is 5.91 Å². The lowest BCUT2D eigenvalue weighted by atomic mass is 9.90. The van der Waals surface area contributed by atoms with E-state index in [1.807, 2.05) is 0 Å². The lowest BCUT2D eigenvalue weighted by Gasteiger charge is -2.18. The Morgan fingerprint density at radius 2 is 1.67 bits per heavy atom. The van der Waals surface area contributed by atoms with Crippen molar-refractivity contribution >= 4 is 5.91 Å². The van der Waals surface area contributed by atoms with E-state index in [1.165, 1.54) is 68.1 Å². The minimum atomic E-state index is 0.206. The Bertz CT molecular complexity index is 486. The lowest BCUT2D eigenvalue weighted by molar-refractivity contribution is -0.121. The summed E-state index contributed by atoms with van der Waals surface area (Å²) in [6.45, 7) is 0. The zero-order chi connectivity index (χ0) is 14.5. The van der Waals surface area contributed by atoms with E-state index in [0.29, 0.717) is 12.5 Å². The van der Waals surface area contributed by atoms with Gasteiger partial charge in [-0.1, -0.05) is 43.9 Å². The average molecular weight is 285 g/mol. The first-order chi connectivity index (χ1) is 10.3. The van der Waals surface area contributed by atoms with E-state index < -0.39 is 0 Å². The van der Waals surface area contributed by atoms with Gasteiger partial charge >= 0.3 is 0 Å². The second kappa shape index (κ2) is 7.11. The SMILES string of the molecule is O=C(Cc1ccc2c(c1)CCCC2)NC1CCCCCC1. The fraction of sp³-hybridized carbons (Fsp3) is 0.632. The topological polar surface area (TPSA) is 29.1 Å². The van der Waals surface area contributed by atoms with Gasteiger partial charge in [-0.25, -0.2) is 0 Å². The molecule has 114 valence electrons. The molecule has 1 aromatic rings. The van der Waals surface area contributed by atoms with Crippen LogP contribution in [0.1, 0.15) is 68.1 Å². The summed E-state index contributed by atoms with van der Waals surface area (Å²) in [5, 5.41) is 3.25. The number of amides is 1. The van der Waals surface area contributed by atoms with Gasteiger partial charge < -0.3 is 5.32 Å². The highest BCUT2D eigenvalue weighted by Gasteiger charge is 2.16. The van der Waals surface area contributed by atoms with Crippen molar-refractivity contribution in [1.29, 1.82) is 0 Å². The van der Waals surface area contributed by atoms with Crippen LogP contribution in [0.2, 0.25) is 0 Å². The first kappa shape index (κ1) is 14.6. The van der Waals surface area contributed by atoms with Crippen LogP contribution in [0.25, 0.3) is 0 Å². The van der Waals surface area contributed by atoms with Crippen molar-refractivity contribution in [3.05, 3.63) is 34.9 Å². The third kappa shape index (κ3) is 4.09. The zero-order valence-corrected chi connectivity index (χ0v) is 13.0. The standard InChI is InChI=1S/C19H27NO/c21-19(20-18-9-3-1-2-4-10-18)14-15-11-12-16-7-5-6-8-17(16)13-15/h11-13,18H,1-10,14H2,(H,20,21). The van der Waals surface area contributed by atoms with Gasteiger partial charge in [-0.2, -0.15) is 0 Å². The minimum absolute atomic E-state index is 0.206. The van der Waals surface area contributed by atoms with Gasteiger partial charge in [0.1, 0.15) is 0 Å².